The molecule has 0 bridgehead atoms. The summed E-state index contributed by atoms with van der Waals surface area (Å²) in [6.07, 6.45) is 7.28. The zero-order valence-electron chi connectivity index (χ0n) is 24.5. The van der Waals surface area contributed by atoms with Crippen molar-refractivity contribution in [3.05, 3.63) is 102 Å². The summed E-state index contributed by atoms with van der Waals surface area (Å²) in [6.45, 7) is 8.79. The Balaban J connectivity index is 1.28. The Morgan fingerprint density at radius 2 is 1.79 bits per heavy atom. The predicted octanol–water partition coefficient (Wildman–Crippen LogP) is 7.03. The average Bonchev–Trinajstić information content (AvgIpc) is 3.37. The first-order valence-corrected chi connectivity index (χ1v) is 15.7. The van der Waals surface area contributed by atoms with Crippen LogP contribution in [-0.2, 0) is 33.0 Å². The van der Waals surface area contributed by atoms with E-state index >= 15 is 0 Å². The third-order valence-electron chi connectivity index (χ3n) is 6.79. The van der Waals surface area contributed by atoms with Crippen LogP contribution in [0.4, 0.5) is 5.69 Å². The SMILES string of the molecule is CCCCOCCOc1ccc(-c2cccc(/C=C/C(=O)Nc3ccc([S+]([O-])Cc4c(C)ncn4CC)cc3)c2)cc1. The van der Waals surface area contributed by atoms with E-state index in [0.717, 1.165) is 59.8 Å². The van der Waals surface area contributed by atoms with Crippen molar-refractivity contribution in [3.8, 4) is 16.9 Å². The molecule has 0 spiro atoms. The van der Waals surface area contributed by atoms with Gasteiger partial charge in [0.2, 0.25) is 5.91 Å². The number of aryl methyl sites for hydroxylation is 2. The fourth-order valence-electron chi connectivity index (χ4n) is 4.35. The number of ether oxygens (including phenoxy) is 2. The van der Waals surface area contributed by atoms with Gasteiger partial charge in [-0.25, -0.2) is 4.98 Å². The number of nitrogens with zero attached hydrogens (tertiary/aromatic N) is 2. The van der Waals surface area contributed by atoms with Gasteiger partial charge in [0.15, 0.2) is 10.6 Å². The largest absolute Gasteiger partial charge is 0.611 e. The molecule has 0 aliphatic carbocycles. The molecular formula is C34H39N3O4S. The number of nitrogens with one attached hydrogen (secondary N) is 1. The summed E-state index contributed by atoms with van der Waals surface area (Å²) in [5.41, 5.74) is 5.55. The highest BCUT2D eigenvalue weighted by Gasteiger charge is 2.17. The van der Waals surface area contributed by atoms with E-state index in [1.54, 1.807) is 36.7 Å². The summed E-state index contributed by atoms with van der Waals surface area (Å²) >= 11 is -1.21. The average molecular weight is 586 g/mol. The molecule has 0 saturated carbocycles. The van der Waals surface area contributed by atoms with Gasteiger partial charge in [-0.05, 0) is 96.7 Å². The lowest BCUT2D eigenvalue weighted by atomic mass is 10.0. The van der Waals surface area contributed by atoms with Crippen LogP contribution in [0.2, 0.25) is 0 Å². The Labute approximate surface area is 251 Å². The minimum absolute atomic E-state index is 0.239. The van der Waals surface area contributed by atoms with Crippen molar-refractivity contribution in [1.82, 2.24) is 9.55 Å². The summed E-state index contributed by atoms with van der Waals surface area (Å²) in [4.78, 5) is 17.6. The van der Waals surface area contributed by atoms with E-state index in [4.69, 9.17) is 9.47 Å². The van der Waals surface area contributed by atoms with Crippen LogP contribution in [-0.4, -0.2) is 39.8 Å². The topological polar surface area (TPSA) is 88.4 Å². The number of amides is 1. The zero-order valence-corrected chi connectivity index (χ0v) is 25.4. The van der Waals surface area contributed by atoms with E-state index in [2.05, 4.69) is 17.2 Å². The molecular weight excluding hydrogens is 546 g/mol. The van der Waals surface area contributed by atoms with E-state index < -0.39 is 11.2 Å². The summed E-state index contributed by atoms with van der Waals surface area (Å²) in [7, 11) is 0. The number of imidazole rings is 1. The molecule has 0 fully saturated rings. The number of hydrogen-bond donors (Lipinski definition) is 1. The van der Waals surface area contributed by atoms with E-state index in [9.17, 15) is 9.35 Å². The van der Waals surface area contributed by atoms with Crippen LogP contribution in [0, 0.1) is 6.92 Å². The third-order valence-corrected chi connectivity index (χ3v) is 8.12. The lowest BCUT2D eigenvalue weighted by Gasteiger charge is -2.13. The first-order chi connectivity index (χ1) is 20.5. The highest BCUT2D eigenvalue weighted by atomic mass is 32.2. The molecule has 0 radical (unpaired) electrons. The molecule has 4 rings (SSSR count). The number of benzene rings is 3. The van der Waals surface area contributed by atoms with Crippen molar-refractivity contribution in [2.24, 2.45) is 0 Å². The van der Waals surface area contributed by atoms with Crippen molar-refractivity contribution in [2.75, 3.05) is 25.1 Å². The number of rotatable bonds is 15. The molecule has 0 aliphatic heterocycles. The van der Waals surface area contributed by atoms with Crippen LogP contribution in [0.5, 0.6) is 5.75 Å². The van der Waals surface area contributed by atoms with Crippen molar-refractivity contribution < 1.29 is 18.8 Å². The van der Waals surface area contributed by atoms with Crippen molar-refractivity contribution in [2.45, 2.75) is 50.8 Å². The maximum absolute atomic E-state index is 12.9. The maximum Gasteiger partial charge on any atom is 0.248 e. The Bertz CT molecular complexity index is 1450. The second-order valence-corrected chi connectivity index (χ2v) is 11.3. The van der Waals surface area contributed by atoms with Crippen LogP contribution < -0.4 is 10.1 Å². The highest BCUT2D eigenvalue weighted by Crippen LogP contribution is 2.24. The lowest BCUT2D eigenvalue weighted by molar-refractivity contribution is -0.111. The number of anilines is 1. The molecule has 7 nitrogen and oxygen atoms in total. The zero-order chi connectivity index (χ0) is 29.7. The molecule has 0 saturated heterocycles. The van der Waals surface area contributed by atoms with E-state index in [-0.39, 0.29) is 5.91 Å². The first kappa shape index (κ1) is 31.1. The van der Waals surface area contributed by atoms with Gasteiger partial charge in [0, 0.05) is 24.9 Å². The van der Waals surface area contributed by atoms with E-state index in [0.29, 0.717) is 29.5 Å². The molecule has 1 heterocycles. The van der Waals surface area contributed by atoms with E-state index in [1.165, 1.54) is 6.08 Å². The summed E-state index contributed by atoms with van der Waals surface area (Å²) in [5.74, 6) is 0.973. The smallest absolute Gasteiger partial charge is 0.248 e. The summed E-state index contributed by atoms with van der Waals surface area (Å²) < 4.78 is 26.2. The molecule has 1 unspecified atom stereocenters. The van der Waals surface area contributed by atoms with Crippen LogP contribution in [0.25, 0.3) is 17.2 Å². The van der Waals surface area contributed by atoms with Crippen LogP contribution >= 0.6 is 0 Å². The molecule has 0 aliphatic rings. The second kappa shape index (κ2) is 16.0. The summed E-state index contributed by atoms with van der Waals surface area (Å²) in [6, 6.07) is 23.1. The van der Waals surface area contributed by atoms with Gasteiger partial charge in [-0.2, -0.15) is 0 Å². The number of carbonyl (C=O) groups excluding carboxylic acids is 1. The molecule has 4 aromatic rings. The van der Waals surface area contributed by atoms with Crippen molar-refractivity contribution >= 4 is 28.8 Å². The predicted molar refractivity (Wildman–Crippen MR) is 170 cm³/mol. The monoisotopic (exact) mass is 585 g/mol. The van der Waals surface area contributed by atoms with Crippen LogP contribution in [0.1, 0.15) is 43.6 Å². The van der Waals surface area contributed by atoms with Gasteiger partial charge in [-0.3, -0.25) is 4.79 Å². The molecule has 220 valence electrons. The standard InChI is InChI=1S/C34H39N3O4S/c1-4-6-20-40-21-22-41-31-15-11-28(12-16-31)29-9-7-8-27(23-29)10-19-34(38)36-30-13-17-32(18-14-30)42(39)24-33-26(3)35-25-37(33)5-2/h7-19,23,25H,4-6,20-22,24H2,1-3H3,(H,36,38)/b19-10+. The fraction of sp³-hybridized carbons (Fsp3) is 0.294. The van der Waals surface area contributed by atoms with Crippen LogP contribution in [0.15, 0.2) is 90.1 Å². The highest BCUT2D eigenvalue weighted by molar-refractivity contribution is 7.90. The molecule has 1 aromatic heterocycles. The van der Waals surface area contributed by atoms with Gasteiger partial charge in [-0.15, -0.1) is 0 Å². The minimum Gasteiger partial charge on any atom is -0.611 e. The quantitative estimate of drug-likeness (QED) is 0.0919. The van der Waals surface area contributed by atoms with Crippen molar-refractivity contribution in [3.63, 3.8) is 0 Å². The molecule has 1 atom stereocenters. The Hall–Kier alpha value is -3.85. The Kier molecular flexibility index (Phi) is 11.8. The second-order valence-electron chi connectivity index (χ2n) is 9.86. The normalized spacial score (nSPS) is 12.0. The van der Waals surface area contributed by atoms with Gasteiger partial charge in [-0.1, -0.05) is 43.7 Å². The minimum atomic E-state index is -1.21. The third kappa shape index (κ3) is 9.08. The Morgan fingerprint density at radius 1 is 1.00 bits per heavy atom. The van der Waals surface area contributed by atoms with E-state index in [1.807, 2.05) is 66.9 Å². The molecule has 3 aromatic carbocycles. The number of aromatic nitrogens is 2. The summed E-state index contributed by atoms with van der Waals surface area (Å²) in [5, 5.41) is 2.87. The van der Waals surface area contributed by atoms with Crippen molar-refractivity contribution in [1.29, 1.82) is 0 Å². The lowest BCUT2D eigenvalue weighted by Crippen LogP contribution is -2.11. The maximum atomic E-state index is 12.9. The molecule has 8 heteroatoms. The molecule has 42 heavy (non-hydrogen) atoms. The first-order valence-electron chi connectivity index (χ1n) is 14.4. The number of unbranched alkanes of at least 4 members (excludes halogenated alkanes) is 1. The number of carbonyl (C=O) groups is 1. The van der Waals surface area contributed by atoms with Gasteiger partial charge in [0.05, 0.1) is 24.3 Å². The number of hydrogen-bond acceptors (Lipinski definition) is 5. The van der Waals surface area contributed by atoms with Gasteiger partial charge in [0.1, 0.15) is 12.4 Å². The fourth-order valence-corrected chi connectivity index (χ4v) is 5.58. The van der Waals surface area contributed by atoms with Gasteiger partial charge >= 0.3 is 0 Å². The van der Waals surface area contributed by atoms with Gasteiger partial charge in [0.25, 0.3) is 0 Å². The van der Waals surface area contributed by atoms with Gasteiger partial charge < -0.3 is 23.9 Å². The van der Waals surface area contributed by atoms with Crippen LogP contribution in [0.3, 0.4) is 0 Å². The molecule has 1 N–H and O–H groups in total. The molecule has 1 amide bonds. The Morgan fingerprint density at radius 3 is 2.52 bits per heavy atom.